The predicted molar refractivity (Wildman–Crippen MR) is 74.6 cm³/mol. The van der Waals surface area contributed by atoms with Gasteiger partial charge in [0.1, 0.15) is 5.82 Å². The molecule has 0 aliphatic heterocycles. The summed E-state index contributed by atoms with van der Waals surface area (Å²) in [5, 5.41) is 12.9. The molecule has 0 spiro atoms. The molecule has 0 radical (unpaired) electrons. The number of rotatable bonds is 5. The van der Waals surface area contributed by atoms with E-state index in [9.17, 15) is 9.50 Å². The van der Waals surface area contributed by atoms with E-state index in [0.717, 1.165) is 24.8 Å². The smallest absolute Gasteiger partial charge is 0.141 e. The van der Waals surface area contributed by atoms with E-state index in [4.69, 9.17) is 17.3 Å². The topological polar surface area (TPSA) is 58.3 Å². The zero-order valence-electron chi connectivity index (χ0n) is 10.8. The molecule has 1 aliphatic carbocycles. The van der Waals surface area contributed by atoms with Crippen LogP contribution in [0.3, 0.4) is 0 Å². The van der Waals surface area contributed by atoms with Crippen molar-refractivity contribution in [2.45, 2.75) is 31.3 Å². The lowest BCUT2D eigenvalue weighted by atomic mass is 10.0. The second-order valence-electron chi connectivity index (χ2n) is 5.11. The van der Waals surface area contributed by atoms with Crippen LogP contribution in [0.5, 0.6) is 0 Å². The first-order chi connectivity index (χ1) is 9.15. The second-order valence-corrected chi connectivity index (χ2v) is 5.52. The lowest BCUT2D eigenvalue weighted by Crippen LogP contribution is -2.39. The van der Waals surface area contributed by atoms with Gasteiger partial charge < -0.3 is 16.2 Å². The number of hydrogen-bond donors (Lipinski definition) is 3. The molecule has 0 heterocycles. The van der Waals surface area contributed by atoms with Crippen LogP contribution in [0.2, 0.25) is 5.02 Å². The summed E-state index contributed by atoms with van der Waals surface area (Å²) in [6.07, 6.45) is 3.19. The molecule has 3 atom stereocenters. The molecule has 106 valence electrons. The molecule has 3 nitrogen and oxygen atoms in total. The molecule has 1 fully saturated rings. The van der Waals surface area contributed by atoms with Crippen LogP contribution in [0.4, 0.5) is 4.39 Å². The fourth-order valence-electron chi connectivity index (χ4n) is 2.76. The summed E-state index contributed by atoms with van der Waals surface area (Å²) in [7, 11) is 0. The number of hydrogen-bond acceptors (Lipinski definition) is 3. The van der Waals surface area contributed by atoms with Gasteiger partial charge in [0.25, 0.3) is 0 Å². The van der Waals surface area contributed by atoms with Crippen molar-refractivity contribution in [3.63, 3.8) is 0 Å². The van der Waals surface area contributed by atoms with Gasteiger partial charge in [-0.15, -0.1) is 0 Å². The molecular weight excluding hydrogens is 267 g/mol. The highest BCUT2D eigenvalue weighted by molar-refractivity contribution is 6.30. The number of aliphatic hydroxyl groups excluding tert-OH is 1. The van der Waals surface area contributed by atoms with Gasteiger partial charge in [-0.2, -0.15) is 0 Å². The molecule has 0 bridgehead atoms. The Hall–Kier alpha value is -0.680. The molecule has 5 heteroatoms. The summed E-state index contributed by atoms with van der Waals surface area (Å²) in [5.41, 5.74) is 6.68. The maximum absolute atomic E-state index is 13.2. The molecule has 1 aromatic carbocycles. The molecule has 3 unspecified atom stereocenters. The van der Waals surface area contributed by atoms with E-state index in [1.165, 1.54) is 6.07 Å². The highest BCUT2D eigenvalue weighted by Gasteiger charge is 2.28. The third-order valence-electron chi connectivity index (χ3n) is 3.89. The minimum Gasteiger partial charge on any atom is -0.396 e. The first kappa shape index (κ1) is 14.7. The average Bonchev–Trinajstić information content (AvgIpc) is 2.86. The van der Waals surface area contributed by atoms with Gasteiger partial charge in [0.15, 0.2) is 0 Å². The molecule has 0 aromatic heterocycles. The molecule has 19 heavy (non-hydrogen) atoms. The predicted octanol–water partition coefficient (Wildman–Crippen LogP) is 2.23. The summed E-state index contributed by atoms with van der Waals surface area (Å²) in [6.45, 7) is 0.607. The van der Waals surface area contributed by atoms with Gasteiger partial charge in [-0.3, -0.25) is 0 Å². The number of nitrogens with one attached hydrogen (secondary N) is 1. The van der Waals surface area contributed by atoms with Gasteiger partial charge in [-0.05, 0) is 36.5 Å². The maximum Gasteiger partial charge on any atom is 0.141 e. The van der Waals surface area contributed by atoms with Crippen LogP contribution in [0, 0.1) is 11.7 Å². The van der Waals surface area contributed by atoms with E-state index in [1.807, 2.05) is 0 Å². The number of halogens is 2. The van der Waals surface area contributed by atoms with Crippen LogP contribution in [0.25, 0.3) is 0 Å². The van der Waals surface area contributed by atoms with Crippen molar-refractivity contribution < 1.29 is 9.50 Å². The Morgan fingerprint density at radius 3 is 2.89 bits per heavy atom. The molecule has 1 aromatic rings. The van der Waals surface area contributed by atoms with Crippen molar-refractivity contribution in [3.8, 4) is 0 Å². The fraction of sp³-hybridized carbons (Fsp3) is 0.571. The lowest BCUT2D eigenvalue weighted by molar-refractivity contribution is 0.200. The van der Waals surface area contributed by atoms with Crippen molar-refractivity contribution in [1.29, 1.82) is 0 Å². The Morgan fingerprint density at radius 1 is 1.47 bits per heavy atom. The average molecular weight is 287 g/mol. The summed E-state index contributed by atoms with van der Waals surface area (Å²) in [5.74, 6) is -0.139. The summed E-state index contributed by atoms with van der Waals surface area (Å²) < 4.78 is 13.2. The highest BCUT2D eigenvalue weighted by Crippen LogP contribution is 2.28. The van der Waals surface area contributed by atoms with Gasteiger partial charge in [-0.1, -0.05) is 24.1 Å². The lowest BCUT2D eigenvalue weighted by Gasteiger charge is -2.26. The van der Waals surface area contributed by atoms with Crippen LogP contribution >= 0.6 is 11.6 Å². The monoisotopic (exact) mass is 286 g/mol. The quantitative estimate of drug-likeness (QED) is 0.778. The van der Waals surface area contributed by atoms with Crippen molar-refractivity contribution in [2.75, 3.05) is 13.2 Å². The third kappa shape index (κ3) is 3.45. The molecule has 0 saturated heterocycles. The van der Waals surface area contributed by atoms with Crippen LogP contribution in [0.15, 0.2) is 18.2 Å². The first-order valence-electron chi connectivity index (χ1n) is 6.67. The SMILES string of the molecule is NCC(NC1CCCC1CO)c1ccc(F)c(Cl)c1. The van der Waals surface area contributed by atoms with Crippen LogP contribution in [-0.2, 0) is 0 Å². The minimum absolute atomic E-state index is 0.0600. The van der Waals surface area contributed by atoms with Gasteiger partial charge in [-0.25, -0.2) is 4.39 Å². The van der Waals surface area contributed by atoms with Gasteiger partial charge in [0, 0.05) is 25.2 Å². The summed E-state index contributed by atoms with van der Waals surface area (Å²) >= 11 is 5.80. The van der Waals surface area contributed by atoms with Crippen molar-refractivity contribution >= 4 is 11.6 Å². The van der Waals surface area contributed by atoms with E-state index in [0.29, 0.717) is 6.54 Å². The van der Waals surface area contributed by atoms with E-state index >= 15 is 0 Å². The largest absolute Gasteiger partial charge is 0.396 e. The zero-order chi connectivity index (χ0) is 13.8. The summed E-state index contributed by atoms with van der Waals surface area (Å²) in [6, 6.07) is 4.89. The van der Waals surface area contributed by atoms with Crippen molar-refractivity contribution in [1.82, 2.24) is 5.32 Å². The van der Waals surface area contributed by atoms with Gasteiger partial charge in [0.2, 0.25) is 0 Å². The molecule has 0 amide bonds. The molecule has 1 aliphatic rings. The molecule has 4 N–H and O–H groups in total. The second kappa shape index (κ2) is 6.66. The maximum atomic E-state index is 13.2. The van der Waals surface area contributed by atoms with E-state index in [1.54, 1.807) is 12.1 Å². The first-order valence-corrected chi connectivity index (χ1v) is 7.05. The fourth-order valence-corrected chi connectivity index (χ4v) is 2.95. The number of aliphatic hydroxyl groups is 1. The number of nitrogens with two attached hydrogens (primary N) is 1. The van der Waals surface area contributed by atoms with E-state index in [-0.39, 0.29) is 29.6 Å². The van der Waals surface area contributed by atoms with Crippen LogP contribution < -0.4 is 11.1 Å². The Labute approximate surface area is 117 Å². The van der Waals surface area contributed by atoms with Crippen molar-refractivity contribution in [3.05, 3.63) is 34.6 Å². The van der Waals surface area contributed by atoms with Gasteiger partial charge >= 0.3 is 0 Å². The van der Waals surface area contributed by atoms with Crippen molar-refractivity contribution in [2.24, 2.45) is 11.7 Å². The zero-order valence-corrected chi connectivity index (χ0v) is 11.5. The molecule has 1 saturated carbocycles. The normalized spacial score (nSPS) is 24.6. The Balaban J connectivity index is 2.09. The Bertz CT molecular complexity index is 430. The van der Waals surface area contributed by atoms with Gasteiger partial charge in [0.05, 0.1) is 5.02 Å². The van der Waals surface area contributed by atoms with Crippen LogP contribution in [-0.4, -0.2) is 24.3 Å². The minimum atomic E-state index is -0.421. The molecular formula is C14H20ClFN2O. The van der Waals surface area contributed by atoms with E-state index < -0.39 is 5.82 Å². The standard InChI is InChI=1S/C14H20ClFN2O/c15-11-6-9(4-5-12(11)16)14(7-17)18-13-3-1-2-10(13)8-19/h4-6,10,13-14,18-19H,1-3,7-8,17H2. The highest BCUT2D eigenvalue weighted by atomic mass is 35.5. The Kier molecular flexibility index (Phi) is 5.16. The van der Waals surface area contributed by atoms with Crippen LogP contribution in [0.1, 0.15) is 30.9 Å². The molecule has 2 rings (SSSR count). The third-order valence-corrected chi connectivity index (χ3v) is 4.18. The van der Waals surface area contributed by atoms with E-state index in [2.05, 4.69) is 5.32 Å². The summed E-state index contributed by atoms with van der Waals surface area (Å²) in [4.78, 5) is 0. The Morgan fingerprint density at radius 2 is 2.26 bits per heavy atom. The number of benzene rings is 1.